The molecule has 0 radical (unpaired) electrons. The molecule has 0 spiro atoms. The van der Waals surface area contributed by atoms with E-state index in [1.54, 1.807) is 24.5 Å². The van der Waals surface area contributed by atoms with E-state index >= 15 is 0 Å². The number of amides is 1. The lowest BCUT2D eigenvalue weighted by Gasteiger charge is -2.12. The van der Waals surface area contributed by atoms with Gasteiger partial charge in [0.1, 0.15) is 0 Å². The van der Waals surface area contributed by atoms with E-state index in [0.717, 1.165) is 25.9 Å². The van der Waals surface area contributed by atoms with Crippen LogP contribution in [0, 0.1) is 0 Å². The van der Waals surface area contributed by atoms with Gasteiger partial charge in [0, 0.05) is 13.1 Å². The van der Waals surface area contributed by atoms with Gasteiger partial charge >= 0.3 is 0 Å². The van der Waals surface area contributed by atoms with Crippen molar-refractivity contribution in [1.29, 1.82) is 0 Å². The standard InChI is InChI=1S/C13H13NO3/c15-13(14-7-1-2-8-14)12-6-5-11(17-12)10-4-3-9-16-10/h3-6,9H,1-2,7-8H2. The van der Waals surface area contributed by atoms with Gasteiger partial charge in [-0.15, -0.1) is 0 Å². The number of rotatable bonds is 2. The molecule has 1 saturated heterocycles. The molecule has 88 valence electrons. The van der Waals surface area contributed by atoms with E-state index in [1.165, 1.54) is 0 Å². The largest absolute Gasteiger partial charge is 0.461 e. The van der Waals surface area contributed by atoms with E-state index in [4.69, 9.17) is 8.83 Å². The van der Waals surface area contributed by atoms with Crippen molar-refractivity contribution >= 4 is 5.91 Å². The van der Waals surface area contributed by atoms with Crippen molar-refractivity contribution in [2.45, 2.75) is 12.8 Å². The van der Waals surface area contributed by atoms with Crippen molar-refractivity contribution in [2.75, 3.05) is 13.1 Å². The third-order valence-corrected chi connectivity index (χ3v) is 2.97. The Balaban J connectivity index is 1.82. The van der Waals surface area contributed by atoms with E-state index in [2.05, 4.69) is 0 Å². The van der Waals surface area contributed by atoms with E-state index in [1.807, 2.05) is 11.0 Å². The summed E-state index contributed by atoms with van der Waals surface area (Å²) in [6, 6.07) is 7.07. The molecular weight excluding hydrogens is 218 g/mol. The van der Waals surface area contributed by atoms with Crippen LogP contribution in [0.5, 0.6) is 0 Å². The molecule has 1 aliphatic rings. The van der Waals surface area contributed by atoms with Crippen LogP contribution in [-0.2, 0) is 0 Å². The van der Waals surface area contributed by atoms with E-state index in [0.29, 0.717) is 17.3 Å². The Labute approximate surface area is 98.8 Å². The molecule has 2 aromatic rings. The fourth-order valence-corrected chi connectivity index (χ4v) is 2.08. The van der Waals surface area contributed by atoms with Crippen molar-refractivity contribution in [3.63, 3.8) is 0 Å². The quantitative estimate of drug-likeness (QED) is 0.798. The van der Waals surface area contributed by atoms with Crippen LogP contribution in [-0.4, -0.2) is 23.9 Å². The topological polar surface area (TPSA) is 46.6 Å². The maximum Gasteiger partial charge on any atom is 0.289 e. The summed E-state index contributed by atoms with van der Waals surface area (Å²) >= 11 is 0. The third kappa shape index (κ3) is 1.86. The van der Waals surface area contributed by atoms with Crippen LogP contribution in [0.25, 0.3) is 11.5 Å². The Kier molecular flexibility index (Phi) is 2.48. The van der Waals surface area contributed by atoms with Gasteiger partial charge in [0.25, 0.3) is 5.91 Å². The van der Waals surface area contributed by atoms with Crippen LogP contribution in [0.2, 0.25) is 0 Å². The van der Waals surface area contributed by atoms with Crippen LogP contribution >= 0.6 is 0 Å². The summed E-state index contributed by atoms with van der Waals surface area (Å²) in [5.41, 5.74) is 0. The lowest BCUT2D eigenvalue weighted by atomic mass is 10.3. The molecule has 2 aromatic heterocycles. The predicted molar refractivity (Wildman–Crippen MR) is 61.5 cm³/mol. The lowest BCUT2D eigenvalue weighted by molar-refractivity contribution is 0.0762. The molecule has 0 unspecified atom stereocenters. The van der Waals surface area contributed by atoms with Gasteiger partial charge in [-0.05, 0) is 37.1 Å². The molecule has 0 aromatic carbocycles. The summed E-state index contributed by atoms with van der Waals surface area (Å²) in [7, 11) is 0. The van der Waals surface area contributed by atoms with Gasteiger partial charge < -0.3 is 13.7 Å². The first-order valence-corrected chi connectivity index (χ1v) is 5.77. The summed E-state index contributed by atoms with van der Waals surface area (Å²) < 4.78 is 10.7. The van der Waals surface area contributed by atoms with Crippen molar-refractivity contribution in [2.24, 2.45) is 0 Å². The van der Waals surface area contributed by atoms with Gasteiger partial charge in [-0.1, -0.05) is 0 Å². The molecule has 4 heteroatoms. The van der Waals surface area contributed by atoms with E-state index in [-0.39, 0.29) is 5.91 Å². The fourth-order valence-electron chi connectivity index (χ4n) is 2.08. The summed E-state index contributed by atoms with van der Waals surface area (Å²) in [4.78, 5) is 13.9. The van der Waals surface area contributed by atoms with Crippen LogP contribution in [0.3, 0.4) is 0 Å². The molecule has 4 nitrogen and oxygen atoms in total. The number of carbonyl (C=O) groups excluding carboxylic acids is 1. The smallest absolute Gasteiger partial charge is 0.289 e. The highest BCUT2D eigenvalue weighted by Gasteiger charge is 2.22. The summed E-state index contributed by atoms with van der Waals surface area (Å²) in [6.07, 6.45) is 3.74. The molecule has 1 fully saturated rings. The van der Waals surface area contributed by atoms with Crippen molar-refractivity contribution in [3.8, 4) is 11.5 Å². The molecule has 0 saturated carbocycles. The Hall–Kier alpha value is -1.97. The number of carbonyl (C=O) groups is 1. The van der Waals surface area contributed by atoms with Crippen molar-refractivity contribution in [1.82, 2.24) is 4.90 Å². The molecule has 1 amide bonds. The minimum absolute atomic E-state index is 0.0275. The van der Waals surface area contributed by atoms with Gasteiger partial charge in [0.05, 0.1) is 6.26 Å². The molecule has 0 bridgehead atoms. The summed E-state index contributed by atoms with van der Waals surface area (Å²) in [6.45, 7) is 1.66. The molecule has 3 heterocycles. The molecule has 0 aliphatic carbocycles. The zero-order chi connectivity index (χ0) is 11.7. The molecular formula is C13H13NO3. The normalized spacial score (nSPS) is 15.4. The number of likely N-dealkylation sites (tertiary alicyclic amines) is 1. The Bertz CT molecular complexity index is 507. The van der Waals surface area contributed by atoms with Gasteiger partial charge in [-0.2, -0.15) is 0 Å². The second-order valence-corrected chi connectivity index (χ2v) is 4.14. The second-order valence-electron chi connectivity index (χ2n) is 4.14. The number of hydrogen-bond acceptors (Lipinski definition) is 3. The molecule has 17 heavy (non-hydrogen) atoms. The van der Waals surface area contributed by atoms with Gasteiger partial charge in [0.2, 0.25) is 0 Å². The van der Waals surface area contributed by atoms with E-state index < -0.39 is 0 Å². The molecule has 3 rings (SSSR count). The Morgan fingerprint density at radius 1 is 1.12 bits per heavy atom. The fraction of sp³-hybridized carbons (Fsp3) is 0.308. The van der Waals surface area contributed by atoms with Gasteiger partial charge in [0.15, 0.2) is 17.3 Å². The van der Waals surface area contributed by atoms with Crippen LogP contribution < -0.4 is 0 Å². The van der Waals surface area contributed by atoms with Gasteiger partial charge in [-0.3, -0.25) is 4.79 Å². The lowest BCUT2D eigenvalue weighted by Crippen LogP contribution is -2.27. The average molecular weight is 231 g/mol. The predicted octanol–water partition coefficient (Wildman–Crippen LogP) is 2.78. The van der Waals surface area contributed by atoms with Crippen molar-refractivity contribution in [3.05, 3.63) is 36.3 Å². The monoisotopic (exact) mass is 231 g/mol. The minimum atomic E-state index is -0.0275. The zero-order valence-corrected chi connectivity index (χ0v) is 9.39. The highest BCUT2D eigenvalue weighted by Crippen LogP contribution is 2.23. The Morgan fingerprint density at radius 2 is 1.94 bits per heavy atom. The van der Waals surface area contributed by atoms with Crippen LogP contribution in [0.4, 0.5) is 0 Å². The Morgan fingerprint density at radius 3 is 2.65 bits per heavy atom. The highest BCUT2D eigenvalue weighted by molar-refractivity contribution is 5.92. The second kappa shape index (κ2) is 4.13. The minimum Gasteiger partial charge on any atom is -0.461 e. The summed E-state index contributed by atoms with van der Waals surface area (Å²) in [5, 5.41) is 0. The third-order valence-electron chi connectivity index (χ3n) is 2.97. The van der Waals surface area contributed by atoms with Gasteiger partial charge in [-0.25, -0.2) is 0 Å². The number of nitrogens with zero attached hydrogens (tertiary/aromatic N) is 1. The SMILES string of the molecule is O=C(c1ccc(-c2ccco2)o1)N1CCCC1. The maximum absolute atomic E-state index is 12.0. The van der Waals surface area contributed by atoms with Crippen LogP contribution in [0.1, 0.15) is 23.4 Å². The molecule has 0 atom stereocenters. The molecule has 0 N–H and O–H groups in total. The first kappa shape index (κ1) is 10.2. The number of furan rings is 2. The molecule has 1 aliphatic heterocycles. The maximum atomic E-state index is 12.0. The van der Waals surface area contributed by atoms with E-state index in [9.17, 15) is 4.79 Å². The first-order chi connectivity index (χ1) is 8.34. The van der Waals surface area contributed by atoms with Crippen molar-refractivity contribution < 1.29 is 13.6 Å². The highest BCUT2D eigenvalue weighted by atomic mass is 16.4. The zero-order valence-electron chi connectivity index (χ0n) is 9.39. The summed E-state index contributed by atoms with van der Waals surface area (Å²) in [5.74, 6) is 1.60. The van der Waals surface area contributed by atoms with Crippen LogP contribution in [0.15, 0.2) is 39.4 Å². The first-order valence-electron chi connectivity index (χ1n) is 5.77. The number of hydrogen-bond donors (Lipinski definition) is 0. The average Bonchev–Trinajstić information content (AvgIpc) is 3.09.